The average molecular weight is 401 g/mol. The van der Waals surface area contributed by atoms with Crippen molar-refractivity contribution in [3.05, 3.63) is 17.8 Å². The Balaban J connectivity index is 1.56. The van der Waals surface area contributed by atoms with E-state index in [1.54, 1.807) is 16.1 Å². The summed E-state index contributed by atoms with van der Waals surface area (Å²) in [6, 6.07) is -0.193. The van der Waals surface area contributed by atoms with E-state index >= 15 is 0 Å². The van der Waals surface area contributed by atoms with Crippen molar-refractivity contribution in [2.24, 2.45) is 0 Å². The van der Waals surface area contributed by atoms with E-state index in [1.807, 2.05) is 0 Å². The molecule has 0 spiro atoms. The first-order chi connectivity index (χ1) is 12.8. The minimum atomic E-state index is -3.34. The molecule has 1 aromatic rings. The summed E-state index contributed by atoms with van der Waals surface area (Å²) >= 11 is 0. The molecule has 0 aromatic carbocycles. The molecule has 0 N–H and O–H groups in total. The fourth-order valence-electron chi connectivity index (χ4n) is 3.68. The number of sulfonamides is 1. The van der Waals surface area contributed by atoms with Crippen LogP contribution in [0.2, 0.25) is 0 Å². The molecular weight excluding hydrogens is 372 g/mol. The zero-order valence-electron chi connectivity index (χ0n) is 16.0. The second-order valence-electron chi connectivity index (χ2n) is 7.13. The Hall–Kier alpha value is -1.49. The lowest BCUT2D eigenvalue weighted by Crippen LogP contribution is -2.44. The molecule has 3 heterocycles. The number of morpholine rings is 1. The summed E-state index contributed by atoms with van der Waals surface area (Å²) in [5.41, 5.74) is 0.270. The van der Waals surface area contributed by atoms with Gasteiger partial charge in [-0.3, -0.25) is 9.69 Å². The van der Waals surface area contributed by atoms with Crippen LogP contribution in [0.1, 0.15) is 29.2 Å². The molecule has 152 valence electrons. The van der Waals surface area contributed by atoms with Crippen molar-refractivity contribution in [1.82, 2.24) is 19.1 Å². The third-order valence-electron chi connectivity index (χ3n) is 5.08. The van der Waals surface area contributed by atoms with Crippen LogP contribution in [0.25, 0.3) is 0 Å². The Bertz CT molecular complexity index is 744. The SMILES string of the molecule is Cc1nc(C(=O)N2CCC(N(CCCN3CCOCC3)S(C)(=O)=O)C2)co1. The molecule has 27 heavy (non-hydrogen) atoms. The summed E-state index contributed by atoms with van der Waals surface area (Å²) in [5, 5.41) is 0. The molecule has 0 radical (unpaired) electrons. The molecule has 2 aliphatic rings. The Labute approximate surface area is 160 Å². The molecular formula is C17H28N4O5S. The monoisotopic (exact) mass is 400 g/mol. The molecule has 0 saturated carbocycles. The van der Waals surface area contributed by atoms with Crippen LogP contribution in [-0.4, -0.2) is 98.2 Å². The van der Waals surface area contributed by atoms with E-state index < -0.39 is 10.0 Å². The van der Waals surface area contributed by atoms with Gasteiger partial charge in [0.05, 0.1) is 19.5 Å². The minimum Gasteiger partial charge on any atom is -0.448 e. The molecule has 0 aliphatic carbocycles. The lowest BCUT2D eigenvalue weighted by molar-refractivity contribution is 0.0366. The third-order valence-corrected chi connectivity index (χ3v) is 6.41. The van der Waals surface area contributed by atoms with Crippen LogP contribution in [0.3, 0.4) is 0 Å². The molecule has 9 nitrogen and oxygen atoms in total. The topological polar surface area (TPSA) is 96.2 Å². The van der Waals surface area contributed by atoms with Crippen LogP contribution in [-0.2, 0) is 14.8 Å². The predicted octanol–water partition coefficient (Wildman–Crippen LogP) is 0.181. The highest BCUT2D eigenvalue weighted by molar-refractivity contribution is 7.88. The largest absolute Gasteiger partial charge is 0.448 e. The minimum absolute atomic E-state index is 0.193. The van der Waals surface area contributed by atoms with Crippen molar-refractivity contribution >= 4 is 15.9 Å². The average Bonchev–Trinajstić information content (AvgIpc) is 3.27. The maximum atomic E-state index is 12.5. The third kappa shape index (κ3) is 5.28. The van der Waals surface area contributed by atoms with Crippen molar-refractivity contribution in [3.63, 3.8) is 0 Å². The van der Waals surface area contributed by atoms with Gasteiger partial charge in [0, 0.05) is 45.7 Å². The summed E-state index contributed by atoms with van der Waals surface area (Å²) in [4.78, 5) is 20.5. The van der Waals surface area contributed by atoms with Crippen LogP contribution < -0.4 is 0 Å². The van der Waals surface area contributed by atoms with Crippen LogP contribution in [0.15, 0.2) is 10.7 Å². The number of likely N-dealkylation sites (tertiary alicyclic amines) is 1. The number of aromatic nitrogens is 1. The Morgan fingerprint density at radius 1 is 1.33 bits per heavy atom. The van der Waals surface area contributed by atoms with Crippen molar-refractivity contribution in [3.8, 4) is 0 Å². The standard InChI is InChI=1S/C17H28N4O5S/c1-14-18-16(13-26-14)17(22)20-7-4-15(12-20)21(27(2,23)24)6-3-5-19-8-10-25-11-9-19/h13,15H,3-12H2,1-2H3. The summed E-state index contributed by atoms with van der Waals surface area (Å²) < 4.78 is 36.6. The van der Waals surface area contributed by atoms with Crippen molar-refractivity contribution in [2.45, 2.75) is 25.8 Å². The number of oxazole rings is 1. The van der Waals surface area contributed by atoms with E-state index in [4.69, 9.17) is 9.15 Å². The van der Waals surface area contributed by atoms with Gasteiger partial charge in [-0.05, 0) is 19.4 Å². The second-order valence-corrected chi connectivity index (χ2v) is 9.06. The van der Waals surface area contributed by atoms with Crippen LogP contribution in [0, 0.1) is 6.92 Å². The number of hydrogen-bond acceptors (Lipinski definition) is 7. The molecule has 1 unspecified atom stereocenters. The molecule has 0 bridgehead atoms. The number of rotatable bonds is 7. The van der Waals surface area contributed by atoms with E-state index in [2.05, 4.69) is 9.88 Å². The van der Waals surface area contributed by atoms with Gasteiger partial charge in [-0.25, -0.2) is 13.4 Å². The van der Waals surface area contributed by atoms with Gasteiger partial charge in [-0.15, -0.1) is 0 Å². The van der Waals surface area contributed by atoms with E-state index in [0.717, 1.165) is 39.3 Å². The molecule has 2 fully saturated rings. The maximum Gasteiger partial charge on any atom is 0.275 e. The quantitative estimate of drug-likeness (QED) is 0.644. The Morgan fingerprint density at radius 3 is 2.70 bits per heavy atom. The summed E-state index contributed by atoms with van der Waals surface area (Å²) in [6.45, 7) is 7.15. The highest BCUT2D eigenvalue weighted by atomic mass is 32.2. The fraction of sp³-hybridized carbons (Fsp3) is 0.765. The van der Waals surface area contributed by atoms with Gasteiger partial charge in [-0.2, -0.15) is 4.31 Å². The number of carbonyl (C=O) groups is 1. The number of amides is 1. The second kappa shape index (κ2) is 8.68. The first kappa shape index (κ1) is 20.2. The lowest BCUT2D eigenvalue weighted by atomic mass is 10.2. The van der Waals surface area contributed by atoms with E-state index in [-0.39, 0.29) is 17.6 Å². The van der Waals surface area contributed by atoms with Gasteiger partial charge >= 0.3 is 0 Å². The summed E-state index contributed by atoms with van der Waals surface area (Å²) in [5.74, 6) is 0.228. The van der Waals surface area contributed by atoms with Crippen molar-refractivity contribution in [2.75, 3.05) is 58.7 Å². The van der Waals surface area contributed by atoms with E-state index in [0.29, 0.717) is 31.9 Å². The van der Waals surface area contributed by atoms with Gasteiger partial charge < -0.3 is 14.1 Å². The van der Waals surface area contributed by atoms with Gasteiger partial charge in [-0.1, -0.05) is 0 Å². The van der Waals surface area contributed by atoms with Gasteiger partial charge in [0.2, 0.25) is 10.0 Å². The smallest absolute Gasteiger partial charge is 0.275 e. The van der Waals surface area contributed by atoms with Crippen LogP contribution in [0.5, 0.6) is 0 Å². The first-order valence-corrected chi connectivity index (χ1v) is 11.2. The molecule has 3 rings (SSSR count). The van der Waals surface area contributed by atoms with Crippen molar-refractivity contribution in [1.29, 1.82) is 0 Å². The Morgan fingerprint density at radius 2 is 2.07 bits per heavy atom. The molecule has 2 saturated heterocycles. The number of aryl methyl sites for hydroxylation is 1. The number of nitrogens with zero attached hydrogens (tertiary/aromatic N) is 4. The molecule has 2 aliphatic heterocycles. The predicted molar refractivity (Wildman–Crippen MR) is 99.0 cm³/mol. The first-order valence-electron chi connectivity index (χ1n) is 9.33. The highest BCUT2D eigenvalue weighted by Gasteiger charge is 2.35. The fourth-order valence-corrected chi connectivity index (χ4v) is 4.85. The molecule has 1 aromatic heterocycles. The Kier molecular flexibility index (Phi) is 6.51. The zero-order chi connectivity index (χ0) is 19.4. The summed E-state index contributed by atoms with van der Waals surface area (Å²) in [6.07, 6.45) is 3.99. The van der Waals surface area contributed by atoms with Gasteiger partial charge in [0.15, 0.2) is 11.6 Å². The number of carbonyl (C=O) groups excluding carboxylic acids is 1. The van der Waals surface area contributed by atoms with Gasteiger partial charge in [0.25, 0.3) is 5.91 Å². The van der Waals surface area contributed by atoms with Crippen molar-refractivity contribution < 1.29 is 22.4 Å². The zero-order valence-corrected chi connectivity index (χ0v) is 16.8. The number of hydrogen-bond donors (Lipinski definition) is 0. The normalized spacial score (nSPS) is 21.9. The molecule has 10 heteroatoms. The molecule has 1 amide bonds. The maximum absolute atomic E-state index is 12.5. The van der Waals surface area contributed by atoms with E-state index in [9.17, 15) is 13.2 Å². The van der Waals surface area contributed by atoms with E-state index in [1.165, 1.54) is 12.5 Å². The molecule has 1 atom stereocenters. The number of ether oxygens (including phenoxy) is 1. The lowest BCUT2D eigenvalue weighted by Gasteiger charge is -2.29. The van der Waals surface area contributed by atoms with Crippen LogP contribution in [0.4, 0.5) is 0 Å². The highest BCUT2D eigenvalue weighted by Crippen LogP contribution is 2.21. The summed E-state index contributed by atoms with van der Waals surface area (Å²) in [7, 11) is -3.34. The van der Waals surface area contributed by atoms with Crippen LogP contribution >= 0.6 is 0 Å². The van der Waals surface area contributed by atoms with Gasteiger partial charge in [0.1, 0.15) is 6.26 Å².